The fourth-order valence-corrected chi connectivity index (χ4v) is 2.33. The highest BCUT2D eigenvalue weighted by atomic mass is 16.5. The van der Waals surface area contributed by atoms with Crippen LogP contribution in [0.25, 0.3) is 23.2 Å². The summed E-state index contributed by atoms with van der Waals surface area (Å²) in [6.45, 7) is 0. The van der Waals surface area contributed by atoms with Crippen LogP contribution in [0.2, 0.25) is 0 Å². The minimum Gasteiger partial charge on any atom is -0.497 e. The molecule has 0 aliphatic rings. The van der Waals surface area contributed by atoms with Crippen molar-refractivity contribution in [3.05, 3.63) is 59.4 Å². The van der Waals surface area contributed by atoms with Crippen molar-refractivity contribution in [2.24, 2.45) is 0 Å². The van der Waals surface area contributed by atoms with Crippen molar-refractivity contribution in [3.8, 4) is 5.75 Å². The Morgan fingerprint density at radius 3 is 2.74 bits per heavy atom. The molecule has 0 amide bonds. The zero-order valence-corrected chi connectivity index (χ0v) is 12.9. The van der Waals surface area contributed by atoms with Crippen molar-refractivity contribution >= 4 is 29.2 Å². The number of carbonyl (C=O) groups excluding carboxylic acids is 1. The standard InChI is InChI=1S/C18H16N2O3/c1-22-13-6-3-5-12(11-13)9-10-16-19-15-8-4-7-14(17(15)20-16)18(21)23-2/h3-11H,1-2H3,(H,19,20)/b10-9+. The molecule has 5 nitrogen and oxygen atoms in total. The fourth-order valence-electron chi connectivity index (χ4n) is 2.33. The van der Waals surface area contributed by atoms with Gasteiger partial charge in [0.2, 0.25) is 0 Å². The number of carbonyl (C=O) groups is 1. The van der Waals surface area contributed by atoms with Gasteiger partial charge in [0.15, 0.2) is 0 Å². The Morgan fingerprint density at radius 1 is 1.13 bits per heavy atom. The van der Waals surface area contributed by atoms with Gasteiger partial charge in [-0.25, -0.2) is 9.78 Å². The van der Waals surface area contributed by atoms with Crippen molar-refractivity contribution < 1.29 is 14.3 Å². The Balaban J connectivity index is 1.94. The first-order chi connectivity index (χ1) is 11.2. The predicted molar refractivity (Wildman–Crippen MR) is 89.4 cm³/mol. The van der Waals surface area contributed by atoms with Gasteiger partial charge in [0, 0.05) is 0 Å². The molecular formula is C18H16N2O3. The number of fused-ring (bicyclic) bond motifs is 1. The van der Waals surface area contributed by atoms with Crippen LogP contribution in [0.4, 0.5) is 0 Å². The average Bonchev–Trinajstić information content (AvgIpc) is 3.02. The minimum atomic E-state index is -0.398. The molecule has 0 saturated carbocycles. The summed E-state index contributed by atoms with van der Waals surface area (Å²) in [5.41, 5.74) is 2.84. The van der Waals surface area contributed by atoms with E-state index in [-0.39, 0.29) is 0 Å². The molecule has 0 unspecified atom stereocenters. The van der Waals surface area contributed by atoms with Gasteiger partial charge in [-0.2, -0.15) is 0 Å². The molecule has 0 radical (unpaired) electrons. The van der Waals surface area contributed by atoms with Crippen molar-refractivity contribution in [2.75, 3.05) is 14.2 Å². The number of para-hydroxylation sites is 1. The first-order valence-electron chi connectivity index (χ1n) is 7.10. The molecule has 3 aromatic rings. The van der Waals surface area contributed by atoms with E-state index < -0.39 is 5.97 Å². The summed E-state index contributed by atoms with van der Waals surface area (Å²) in [4.78, 5) is 19.4. The first-order valence-corrected chi connectivity index (χ1v) is 7.10. The van der Waals surface area contributed by atoms with Gasteiger partial charge in [-0.3, -0.25) is 0 Å². The summed E-state index contributed by atoms with van der Waals surface area (Å²) < 4.78 is 9.98. The summed E-state index contributed by atoms with van der Waals surface area (Å²) in [7, 11) is 2.99. The summed E-state index contributed by atoms with van der Waals surface area (Å²) >= 11 is 0. The van der Waals surface area contributed by atoms with Crippen LogP contribution in [-0.2, 0) is 4.74 Å². The molecular weight excluding hydrogens is 292 g/mol. The van der Waals surface area contributed by atoms with E-state index in [2.05, 4.69) is 9.97 Å². The van der Waals surface area contributed by atoms with Gasteiger partial charge in [-0.1, -0.05) is 24.3 Å². The molecule has 0 spiro atoms. The highest BCUT2D eigenvalue weighted by Crippen LogP contribution is 2.19. The number of ether oxygens (including phenoxy) is 2. The first kappa shape index (κ1) is 14.8. The van der Waals surface area contributed by atoms with Crippen LogP contribution < -0.4 is 4.74 Å². The molecule has 0 saturated heterocycles. The van der Waals surface area contributed by atoms with E-state index >= 15 is 0 Å². The third kappa shape index (κ3) is 3.08. The number of nitrogens with one attached hydrogen (secondary N) is 1. The normalized spacial score (nSPS) is 11.0. The number of H-pyrrole nitrogens is 1. The summed E-state index contributed by atoms with van der Waals surface area (Å²) in [5, 5.41) is 0. The average molecular weight is 308 g/mol. The summed E-state index contributed by atoms with van der Waals surface area (Å²) in [5.74, 6) is 1.06. The highest BCUT2D eigenvalue weighted by Gasteiger charge is 2.12. The lowest BCUT2D eigenvalue weighted by molar-refractivity contribution is 0.0603. The number of methoxy groups -OCH3 is 2. The number of esters is 1. The van der Waals surface area contributed by atoms with E-state index in [4.69, 9.17) is 9.47 Å². The third-order valence-corrected chi connectivity index (χ3v) is 3.46. The lowest BCUT2D eigenvalue weighted by Gasteiger charge is -1.99. The number of aromatic nitrogens is 2. The van der Waals surface area contributed by atoms with E-state index in [1.807, 2.05) is 42.5 Å². The lowest BCUT2D eigenvalue weighted by Crippen LogP contribution is -2.01. The van der Waals surface area contributed by atoms with E-state index in [1.54, 1.807) is 19.2 Å². The monoisotopic (exact) mass is 308 g/mol. The molecule has 116 valence electrons. The van der Waals surface area contributed by atoms with Gasteiger partial charge in [0.25, 0.3) is 0 Å². The van der Waals surface area contributed by atoms with E-state index in [9.17, 15) is 4.79 Å². The largest absolute Gasteiger partial charge is 0.497 e. The number of hydrogen-bond acceptors (Lipinski definition) is 4. The minimum absolute atomic E-state index is 0.398. The molecule has 0 aliphatic carbocycles. The molecule has 5 heteroatoms. The number of benzene rings is 2. The van der Waals surface area contributed by atoms with Crippen LogP contribution in [0.3, 0.4) is 0 Å². The van der Waals surface area contributed by atoms with Crippen LogP contribution in [0.15, 0.2) is 42.5 Å². The Hall–Kier alpha value is -3.08. The number of hydrogen-bond donors (Lipinski definition) is 1. The number of imidazole rings is 1. The molecule has 0 fully saturated rings. The Kier molecular flexibility index (Phi) is 4.10. The second kappa shape index (κ2) is 6.36. The Bertz CT molecular complexity index is 881. The molecule has 1 heterocycles. The second-order valence-electron chi connectivity index (χ2n) is 4.93. The summed E-state index contributed by atoms with van der Waals surface area (Å²) in [6.07, 6.45) is 3.79. The van der Waals surface area contributed by atoms with Crippen LogP contribution in [0.5, 0.6) is 5.75 Å². The zero-order chi connectivity index (χ0) is 16.2. The topological polar surface area (TPSA) is 64.2 Å². The Labute approximate surface area is 133 Å². The summed E-state index contributed by atoms with van der Waals surface area (Å²) in [6, 6.07) is 13.1. The quantitative estimate of drug-likeness (QED) is 0.749. The third-order valence-electron chi connectivity index (χ3n) is 3.46. The van der Waals surface area contributed by atoms with Crippen molar-refractivity contribution in [1.29, 1.82) is 0 Å². The smallest absolute Gasteiger partial charge is 0.340 e. The number of nitrogens with zero attached hydrogens (tertiary/aromatic N) is 1. The van der Waals surface area contributed by atoms with Crippen LogP contribution in [0.1, 0.15) is 21.7 Å². The van der Waals surface area contributed by atoms with Gasteiger partial charge in [-0.05, 0) is 35.9 Å². The van der Waals surface area contributed by atoms with E-state index in [0.29, 0.717) is 16.9 Å². The van der Waals surface area contributed by atoms with Crippen molar-refractivity contribution in [1.82, 2.24) is 9.97 Å². The van der Waals surface area contributed by atoms with Crippen LogP contribution >= 0.6 is 0 Å². The predicted octanol–water partition coefficient (Wildman–Crippen LogP) is 3.53. The number of rotatable bonds is 4. The molecule has 1 aromatic heterocycles. The zero-order valence-electron chi connectivity index (χ0n) is 12.9. The lowest BCUT2D eigenvalue weighted by atomic mass is 10.2. The second-order valence-corrected chi connectivity index (χ2v) is 4.93. The fraction of sp³-hybridized carbons (Fsp3) is 0.111. The van der Waals surface area contributed by atoms with Gasteiger partial charge in [0.1, 0.15) is 17.1 Å². The van der Waals surface area contributed by atoms with E-state index in [1.165, 1.54) is 7.11 Å². The molecule has 0 aliphatic heterocycles. The maximum atomic E-state index is 11.8. The van der Waals surface area contributed by atoms with Crippen LogP contribution in [0, 0.1) is 0 Å². The van der Waals surface area contributed by atoms with Gasteiger partial charge >= 0.3 is 5.97 Å². The maximum Gasteiger partial charge on any atom is 0.340 e. The maximum absolute atomic E-state index is 11.8. The van der Waals surface area contributed by atoms with Crippen LogP contribution in [-0.4, -0.2) is 30.2 Å². The number of aromatic amines is 1. The molecule has 2 aromatic carbocycles. The van der Waals surface area contributed by atoms with E-state index in [0.717, 1.165) is 16.8 Å². The van der Waals surface area contributed by atoms with Gasteiger partial charge in [0.05, 0.1) is 25.3 Å². The molecule has 3 rings (SSSR count). The van der Waals surface area contributed by atoms with Crippen molar-refractivity contribution in [3.63, 3.8) is 0 Å². The molecule has 23 heavy (non-hydrogen) atoms. The van der Waals surface area contributed by atoms with Gasteiger partial charge < -0.3 is 14.5 Å². The Morgan fingerprint density at radius 2 is 1.96 bits per heavy atom. The molecule has 0 bridgehead atoms. The highest BCUT2D eigenvalue weighted by molar-refractivity contribution is 6.02. The van der Waals surface area contributed by atoms with Gasteiger partial charge in [-0.15, -0.1) is 0 Å². The molecule has 1 N–H and O–H groups in total. The molecule has 0 atom stereocenters. The van der Waals surface area contributed by atoms with Crippen molar-refractivity contribution in [2.45, 2.75) is 0 Å². The SMILES string of the molecule is COC(=O)c1cccc2[nH]c(/C=C/c3cccc(OC)c3)nc12.